The van der Waals surface area contributed by atoms with Gasteiger partial charge in [0.15, 0.2) is 0 Å². The van der Waals surface area contributed by atoms with Crippen LogP contribution in [0.25, 0.3) is 0 Å². The van der Waals surface area contributed by atoms with Crippen LogP contribution in [-0.2, 0) is 9.59 Å². The number of carbonyl (C=O) groups excluding carboxylic acids is 2. The number of fused-ring (bicyclic) bond motifs is 1. The second-order valence-electron chi connectivity index (χ2n) is 5.56. The number of imide groups is 1. The molecule has 5 heteroatoms. The summed E-state index contributed by atoms with van der Waals surface area (Å²) in [5.74, 6) is -0.489. The molecule has 0 aromatic heterocycles. The maximum Gasteiger partial charge on any atom is 0.234 e. The Hall–Kier alpha value is -1.81. The second kappa shape index (κ2) is 5.53. The molecular weight excluding hydrogens is 288 g/mol. The highest BCUT2D eigenvalue weighted by atomic mass is 35.5. The lowest BCUT2D eigenvalue weighted by Crippen LogP contribution is -2.35. The quantitative estimate of drug-likeness (QED) is 0.690. The highest BCUT2D eigenvalue weighted by Crippen LogP contribution is 2.34. The molecule has 1 heterocycles. The molecule has 1 N–H and O–H groups in total. The predicted molar refractivity (Wildman–Crippen MR) is 81.9 cm³/mol. The van der Waals surface area contributed by atoms with Crippen LogP contribution in [0.15, 0.2) is 30.4 Å². The lowest BCUT2D eigenvalue weighted by Gasteiger charge is -2.16. The van der Waals surface area contributed by atoms with E-state index < -0.39 is 0 Å². The van der Waals surface area contributed by atoms with Gasteiger partial charge in [0.1, 0.15) is 0 Å². The van der Waals surface area contributed by atoms with E-state index in [1.54, 1.807) is 6.07 Å². The van der Waals surface area contributed by atoms with Crippen LogP contribution < -0.4 is 5.32 Å². The maximum absolute atomic E-state index is 12.3. The fraction of sp³-hybridized carbons (Fsp3) is 0.375. The van der Waals surface area contributed by atoms with E-state index in [-0.39, 0.29) is 30.3 Å². The standard InChI is InChI=1S/C16H17ClN2O2/c1-10-6-7-11(8-14(10)17)18-9-19-15(20)12-4-2-3-5-13(12)16(19)21/h2-3,6-8,12-13,18H,4-5,9H2,1H3/t12-,13+. The number of hydrogen-bond acceptors (Lipinski definition) is 3. The topological polar surface area (TPSA) is 49.4 Å². The van der Waals surface area contributed by atoms with Crippen molar-refractivity contribution in [1.82, 2.24) is 4.90 Å². The third kappa shape index (κ3) is 2.56. The van der Waals surface area contributed by atoms with Crippen molar-refractivity contribution in [3.63, 3.8) is 0 Å². The third-order valence-corrected chi connectivity index (χ3v) is 4.62. The van der Waals surface area contributed by atoms with Gasteiger partial charge in [-0.1, -0.05) is 29.8 Å². The summed E-state index contributed by atoms with van der Waals surface area (Å²) in [6, 6.07) is 5.60. The highest BCUT2D eigenvalue weighted by molar-refractivity contribution is 6.31. The molecule has 0 saturated carbocycles. The number of benzene rings is 1. The molecule has 0 radical (unpaired) electrons. The lowest BCUT2D eigenvalue weighted by atomic mass is 9.85. The van der Waals surface area contributed by atoms with Crippen molar-refractivity contribution in [2.45, 2.75) is 19.8 Å². The van der Waals surface area contributed by atoms with E-state index in [1.165, 1.54) is 4.90 Å². The van der Waals surface area contributed by atoms with Crippen LogP contribution in [0.3, 0.4) is 0 Å². The molecule has 3 rings (SSSR count). The molecule has 0 unspecified atom stereocenters. The monoisotopic (exact) mass is 304 g/mol. The Morgan fingerprint density at radius 3 is 2.38 bits per heavy atom. The van der Waals surface area contributed by atoms with Crippen molar-refractivity contribution in [3.8, 4) is 0 Å². The highest BCUT2D eigenvalue weighted by Gasteiger charge is 2.46. The molecule has 1 aromatic rings. The SMILES string of the molecule is Cc1ccc(NCN2C(=O)[C@H]3CC=CC[C@H]3C2=O)cc1Cl. The molecule has 1 saturated heterocycles. The van der Waals surface area contributed by atoms with Crippen LogP contribution in [-0.4, -0.2) is 23.4 Å². The van der Waals surface area contributed by atoms with E-state index >= 15 is 0 Å². The molecule has 2 amide bonds. The van der Waals surface area contributed by atoms with Gasteiger partial charge in [-0.05, 0) is 37.5 Å². The number of anilines is 1. The zero-order valence-corrected chi connectivity index (χ0v) is 12.6. The van der Waals surface area contributed by atoms with Crippen LogP contribution in [0.1, 0.15) is 18.4 Å². The first-order valence-corrected chi connectivity index (χ1v) is 7.46. The maximum atomic E-state index is 12.3. The van der Waals surface area contributed by atoms with Crippen molar-refractivity contribution >= 4 is 29.1 Å². The Morgan fingerprint density at radius 1 is 1.19 bits per heavy atom. The normalized spacial score (nSPS) is 24.4. The third-order valence-electron chi connectivity index (χ3n) is 4.21. The number of aryl methyl sites for hydroxylation is 1. The summed E-state index contributed by atoms with van der Waals surface area (Å²) in [5.41, 5.74) is 1.80. The fourth-order valence-electron chi connectivity index (χ4n) is 2.90. The van der Waals surface area contributed by atoms with Gasteiger partial charge in [0.05, 0.1) is 18.5 Å². The Bertz CT molecular complexity index is 601. The van der Waals surface area contributed by atoms with E-state index in [4.69, 9.17) is 11.6 Å². The number of halogens is 1. The van der Waals surface area contributed by atoms with Gasteiger partial charge in [-0.15, -0.1) is 0 Å². The van der Waals surface area contributed by atoms with Crippen molar-refractivity contribution in [2.24, 2.45) is 11.8 Å². The molecule has 0 bridgehead atoms. The first-order valence-electron chi connectivity index (χ1n) is 7.08. The lowest BCUT2D eigenvalue weighted by molar-refractivity contribution is -0.139. The van der Waals surface area contributed by atoms with Gasteiger partial charge in [0.2, 0.25) is 11.8 Å². The number of likely N-dealkylation sites (tertiary alicyclic amines) is 1. The number of carbonyl (C=O) groups is 2. The van der Waals surface area contributed by atoms with E-state index in [9.17, 15) is 9.59 Å². The molecular formula is C16H17ClN2O2. The van der Waals surface area contributed by atoms with Gasteiger partial charge < -0.3 is 5.32 Å². The Morgan fingerprint density at radius 2 is 1.81 bits per heavy atom. The molecule has 110 valence electrons. The first kappa shape index (κ1) is 14.1. The summed E-state index contributed by atoms with van der Waals surface area (Å²) >= 11 is 6.07. The molecule has 0 spiro atoms. The Kier molecular flexibility index (Phi) is 3.72. The average molecular weight is 305 g/mol. The molecule has 1 aromatic carbocycles. The summed E-state index contributed by atoms with van der Waals surface area (Å²) in [7, 11) is 0. The summed E-state index contributed by atoms with van der Waals surface area (Å²) in [5, 5.41) is 3.77. The minimum atomic E-state index is -0.175. The van der Waals surface area contributed by atoms with Crippen LogP contribution in [0, 0.1) is 18.8 Å². The number of hydrogen-bond donors (Lipinski definition) is 1. The van der Waals surface area contributed by atoms with Crippen LogP contribution >= 0.6 is 11.6 Å². The largest absolute Gasteiger partial charge is 0.367 e. The number of nitrogens with one attached hydrogen (secondary N) is 1. The fourth-order valence-corrected chi connectivity index (χ4v) is 3.08. The van der Waals surface area contributed by atoms with Gasteiger partial charge in [0.25, 0.3) is 0 Å². The molecule has 2 atom stereocenters. The van der Waals surface area contributed by atoms with Gasteiger partial charge in [0, 0.05) is 10.7 Å². The number of amides is 2. The van der Waals surface area contributed by atoms with E-state index in [1.807, 2.05) is 31.2 Å². The van der Waals surface area contributed by atoms with Gasteiger partial charge >= 0.3 is 0 Å². The smallest absolute Gasteiger partial charge is 0.234 e. The average Bonchev–Trinajstić information content (AvgIpc) is 2.73. The summed E-state index contributed by atoms with van der Waals surface area (Å²) in [6.07, 6.45) is 5.32. The molecule has 1 aliphatic heterocycles. The van der Waals surface area contributed by atoms with Crippen LogP contribution in [0.4, 0.5) is 5.69 Å². The number of nitrogens with zero attached hydrogens (tertiary/aromatic N) is 1. The number of allylic oxidation sites excluding steroid dienone is 2. The summed E-state index contributed by atoms with van der Waals surface area (Å²) in [6.45, 7) is 2.13. The molecule has 1 fully saturated rings. The first-order chi connectivity index (χ1) is 10.1. The molecule has 4 nitrogen and oxygen atoms in total. The van der Waals surface area contributed by atoms with Crippen molar-refractivity contribution in [1.29, 1.82) is 0 Å². The molecule has 2 aliphatic rings. The van der Waals surface area contributed by atoms with Crippen LogP contribution in [0.2, 0.25) is 5.02 Å². The Labute approximate surface area is 128 Å². The minimum absolute atomic E-state index is 0.0694. The summed E-state index contributed by atoms with van der Waals surface area (Å²) < 4.78 is 0. The number of rotatable bonds is 3. The second-order valence-corrected chi connectivity index (χ2v) is 5.97. The van der Waals surface area contributed by atoms with E-state index in [0.717, 1.165) is 11.3 Å². The zero-order valence-electron chi connectivity index (χ0n) is 11.8. The Balaban J connectivity index is 1.69. The zero-order chi connectivity index (χ0) is 15.0. The van der Waals surface area contributed by atoms with Gasteiger partial charge in [-0.3, -0.25) is 14.5 Å². The minimum Gasteiger partial charge on any atom is -0.367 e. The van der Waals surface area contributed by atoms with E-state index in [2.05, 4.69) is 5.32 Å². The molecule has 1 aliphatic carbocycles. The van der Waals surface area contributed by atoms with Crippen molar-refractivity contribution in [3.05, 3.63) is 40.9 Å². The van der Waals surface area contributed by atoms with Crippen molar-refractivity contribution < 1.29 is 9.59 Å². The molecule has 21 heavy (non-hydrogen) atoms. The van der Waals surface area contributed by atoms with Crippen molar-refractivity contribution in [2.75, 3.05) is 12.0 Å². The van der Waals surface area contributed by atoms with E-state index in [0.29, 0.717) is 17.9 Å². The predicted octanol–water partition coefficient (Wildman–Crippen LogP) is 2.97. The summed E-state index contributed by atoms with van der Waals surface area (Å²) in [4.78, 5) is 25.9. The van der Waals surface area contributed by atoms with Gasteiger partial charge in [-0.25, -0.2) is 0 Å². The van der Waals surface area contributed by atoms with Gasteiger partial charge in [-0.2, -0.15) is 0 Å². The van der Waals surface area contributed by atoms with Crippen LogP contribution in [0.5, 0.6) is 0 Å².